The molecule has 180 valence electrons. The molecule has 0 radical (unpaired) electrons. The van der Waals surface area contributed by atoms with Crippen molar-refractivity contribution in [2.24, 2.45) is 0 Å². The minimum Gasteiger partial charge on any atom is -0.481 e. The molecule has 0 aromatic heterocycles. The third kappa shape index (κ3) is 5.35. The number of carbonyl (C=O) groups excluding carboxylic acids is 2. The number of hydrogen-bond acceptors (Lipinski definition) is 4. The Hall–Kier alpha value is -3.72. The van der Waals surface area contributed by atoms with Gasteiger partial charge in [-0.15, -0.1) is 0 Å². The summed E-state index contributed by atoms with van der Waals surface area (Å²) in [6, 6.07) is 16.9. The topological polar surface area (TPSA) is 105 Å². The molecule has 1 aliphatic rings. The summed E-state index contributed by atoms with van der Waals surface area (Å²) in [6.07, 6.45) is -1.60. The Morgan fingerprint density at radius 3 is 2.26 bits per heavy atom. The fraction of sp³-hybridized carbons (Fsp3) is 0.192. The van der Waals surface area contributed by atoms with Crippen LogP contribution < -0.4 is 10.6 Å². The van der Waals surface area contributed by atoms with Gasteiger partial charge in [-0.25, -0.2) is 9.18 Å². The fourth-order valence-electron chi connectivity index (χ4n) is 4.17. The third-order valence-electron chi connectivity index (χ3n) is 5.86. The van der Waals surface area contributed by atoms with Gasteiger partial charge in [-0.05, 0) is 62.8 Å². The molecule has 35 heavy (non-hydrogen) atoms. The summed E-state index contributed by atoms with van der Waals surface area (Å²) in [6.45, 7) is 1.67. The second-order valence-electron chi connectivity index (χ2n) is 8.19. The molecular weight excluding hydrogens is 519 g/mol. The van der Waals surface area contributed by atoms with Crippen LogP contribution >= 0.6 is 15.9 Å². The van der Waals surface area contributed by atoms with E-state index in [1.54, 1.807) is 6.92 Å². The fourth-order valence-corrected chi connectivity index (χ4v) is 4.62. The van der Waals surface area contributed by atoms with Gasteiger partial charge in [0.05, 0.1) is 10.9 Å². The molecule has 1 atom stereocenters. The maximum Gasteiger partial charge on any atom is 0.407 e. The first-order chi connectivity index (χ1) is 16.7. The zero-order valence-electron chi connectivity index (χ0n) is 18.7. The smallest absolute Gasteiger partial charge is 0.407 e. The molecule has 4 rings (SSSR count). The number of ether oxygens (including phenoxy) is 1. The number of aliphatic carboxylic acids is 1. The number of halogens is 2. The number of anilines is 1. The van der Waals surface area contributed by atoms with E-state index in [1.165, 1.54) is 6.07 Å². The van der Waals surface area contributed by atoms with E-state index >= 15 is 0 Å². The Balaban J connectivity index is 1.45. The molecular formula is C26H22BrFN2O5. The average Bonchev–Trinajstić information content (AvgIpc) is 3.14. The largest absolute Gasteiger partial charge is 0.481 e. The standard InChI is InChI=1S/C26H22BrFN2O5/c1-14-10-20(27)21(28)11-22(14)29-25(33)23(12-24(31)32)30-26(34)35-13-19-17-8-4-2-6-15(17)16-7-3-5-9-18(16)19/h2-11,19,23H,12-13H2,1H3,(H,29,33)(H,30,34)(H,31,32). The van der Waals surface area contributed by atoms with Crippen LogP contribution in [0.1, 0.15) is 29.0 Å². The van der Waals surface area contributed by atoms with Crippen LogP contribution in [0.25, 0.3) is 11.1 Å². The number of hydrogen-bond donors (Lipinski definition) is 3. The highest BCUT2D eigenvalue weighted by Crippen LogP contribution is 2.44. The first-order valence-corrected chi connectivity index (χ1v) is 11.6. The molecule has 3 N–H and O–H groups in total. The molecule has 0 saturated heterocycles. The van der Waals surface area contributed by atoms with Crippen LogP contribution in [0.15, 0.2) is 65.1 Å². The predicted octanol–water partition coefficient (Wildman–Crippen LogP) is 5.22. The Bertz CT molecular complexity index is 1270. The van der Waals surface area contributed by atoms with Gasteiger partial charge in [0.25, 0.3) is 0 Å². The number of benzene rings is 3. The highest BCUT2D eigenvalue weighted by atomic mass is 79.9. The normalized spacial score (nSPS) is 12.9. The van der Waals surface area contributed by atoms with Crippen LogP contribution in [0.3, 0.4) is 0 Å². The van der Waals surface area contributed by atoms with Gasteiger partial charge in [-0.2, -0.15) is 0 Å². The van der Waals surface area contributed by atoms with Crippen LogP contribution in [-0.2, 0) is 14.3 Å². The zero-order valence-corrected chi connectivity index (χ0v) is 20.3. The number of nitrogens with one attached hydrogen (secondary N) is 2. The Morgan fingerprint density at radius 1 is 1.06 bits per heavy atom. The summed E-state index contributed by atoms with van der Waals surface area (Å²) in [7, 11) is 0. The van der Waals surface area contributed by atoms with E-state index < -0.39 is 36.2 Å². The minimum absolute atomic E-state index is 0.0122. The van der Waals surface area contributed by atoms with Gasteiger partial charge in [0.2, 0.25) is 5.91 Å². The Morgan fingerprint density at radius 2 is 1.66 bits per heavy atom. The van der Waals surface area contributed by atoms with Crippen LogP contribution in [0.2, 0.25) is 0 Å². The number of carbonyl (C=O) groups is 3. The lowest BCUT2D eigenvalue weighted by molar-refractivity contribution is -0.139. The number of amides is 2. The Labute approximate surface area is 209 Å². The molecule has 3 aromatic rings. The molecule has 2 amide bonds. The van der Waals surface area contributed by atoms with Gasteiger partial charge < -0.3 is 20.5 Å². The van der Waals surface area contributed by atoms with Crippen molar-refractivity contribution >= 4 is 39.6 Å². The zero-order chi connectivity index (χ0) is 25.1. The number of fused-ring (bicyclic) bond motifs is 3. The van der Waals surface area contributed by atoms with E-state index in [-0.39, 0.29) is 22.7 Å². The molecule has 1 aliphatic carbocycles. The van der Waals surface area contributed by atoms with Crippen molar-refractivity contribution in [3.05, 3.63) is 87.6 Å². The average molecular weight is 541 g/mol. The summed E-state index contributed by atoms with van der Waals surface area (Å²) in [5.41, 5.74) is 4.90. The molecule has 9 heteroatoms. The number of carboxylic acids is 1. The van der Waals surface area contributed by atoms with E-state index in [1.807, 2.05) is 48.5 Å². The lowest BCUT2D eigenvalue weighted by atomic mass is 9.98. The van der Waals surface area contributed by atoms with E-state index in [0.29, 0.717) is 5.56 Å². The quantitative estimate of drug-likeness (QED) is 0.381. The second-order valence-corrected chi connectivity index (χ2v) is 9.05. The number of alkyl carbamates (subject to hydrolysis) is 1. The highest BCUT2D eigenvalue weighted by Gasteiger charge is 2.30. The van der Waals surface area contributed by atoms with Crippen molar-refractivity contribution in [3.8, 4) is 11.1 Å². The first-order valence-electron chi connectivity index (χ1n) is 10.8. The van der Waals surface area contributed by atoms with Gasteiger partial charge in [0.15, 0.2) is 0 Å². The van der Waals surface area contributed by atoms with Gasteiger partial charge in [0, 0.05) is 11.6 Å². The van der Waals surface area contributed by atoms with E-state index in [4.69, 9.17) is 4.74 Å². The molecule has 0 saturated carbocycles. The Kier molecular flexibility index (Phi) is 7.16. The number of carboxylic acid groups (broad SMARTS) is 1. The third-order valence-corrected chi connectivity index (χ3v) is 6.46. The lowest BCUT2D eigenvalue weighted by Crippen LogP contribution is -2.45. The van der Waals surface area contributed by atoms with Gasteiger partial charge in [-0.3, -0.25) is 9.59 Å². The van der Waals surface area contributed by atoms with Crippen LogP contribution in [0.5, 0.6) is 0 Å². The summed E-state index contributed by atoms with van der Waals surface area (Å²) in [5.74, 6) is -2.87. The molecule has 0 fully saturated rings. The SMILES string of the molecule is Cc1cc(Br)c(F)cc1NC(=O)C(CC(=O)O)NC(=O)OCC1c2ccccc2-c2ccccc21. The maximum absolute atomic E-state index is 13.9. The van der Waals surface area contributed by atoms with Crippen molar-refractivity contribution in [2.45, 2.75) is 25.3 Å². The number of aryl methyl sites for hydroxylation is 1. The minimum atomic E-state index is -1.42. The summed E-state index contributed by atoms with van der Waals surface area (Å²) < 4.78 is 19.6. The molecule has 0 bridgehead atoms. The van der Waals surface area contributed by atoms with Crippen LogP contribution in [0, 0.1) is 12.7 Å². The lowest BCUT2D eigenvalue weighted by Gasteiger charge is -2.19. The monoisotopic (exact) mass is 540 g/mol. The van der Waals surface area contributed by atoms with Gasteiger partial charge >= 0.3 is 12.1 Å². The number of rotatable bonds is 7. The van der Waals surface area contributed by atoms with Gasteiger partial charge in [-0.1, -0.05) is 48.5 Å². The summed E-state index contributed by atoms with van der Waals surface area (Å²) in [4.78, 5) is 36.6. The summed E-state index contributed by atoms with van der Waals surface area (Å²) >= 11 is 3.07. The predicted molar refractivity (Wildman–Crippen MR) is 132 cm³/mol. The van der Waals surface area contributed by atoms with Crippen molar-refractivity contribution in [3.63, 3.8) is 0 Å². The highest BCUT2D eigenvalue weighted by molar-refractivity contribution is 9.10. The van der Waals surface area contributed by atoms with Crippen molar-refractivity contribution in [1.29, 1.82) is 0 Å². The van der Waals surface area contributed by atoms with Crippen LogP contribution in [0.4, 0.5) is 14.9 Å². The van der Waals surface area contributed by atoms with Crippen molar-refractivity contribution in [1.82, 2.24) is 5.32 Å². The van der Waals surface area contributed by atoms with Crippen molar-refractivity contribution in [2.75, 3.05) is 11.9 Å². The van der Waals surface area contributed by atoms with E-state index in [2.05, 4.69) is 26.6 Å². The maximum atomic E-state index is 13.9. The van der Waals surface area contributed by atoms with Crippen molar-refractivity contribution < 1.29 is 28.6 Å². The molecule has 3 aromatic carbocycles. The van der Waals surface area contributed by atoms with E-state index in [0.717, 1.165) is 28.3 Å². The van der Waals surface area contributed by atoms with Gasteiger partial charge in [0.1, 0.15) is 18.5 Å². The first kappa shape index (κ1) is 24.4. The van der Waals surface area contributed by atoms with E-state index in [9.17, 15) is 23.9 Å². The van der Waals surface area contributed by atoms with Crippen LogP contribution in [-0.4, -0.2) is 35.7 Å². The molecule has 7 nitrogen and oxygen atoms in total. The second kappa shape index (κ2) is 10.3. The summed E-state index contributed by atoms with van der Waals surface area (Å²) in [5, 5.41) is 14.0. The molecule has 0 heterocycles. The molecule has 0 aliphatic heterocycles. The molecule has 0 spiro atoms. The molecule has 1 unspecified atom stereocenters.